The van der Waals surface area contributed by atoms with Crippen LogP contribution in [0.15, 0.2) is 23.2 Å². The fourth-order valence-corrected chi connectivity index (χ4v) is 3.23. The van der Waals surface area contributed by atoms with Crippen molar-refractivity contribution in [2.45, 2.75) is 45.7 Å². The van der Waals surface area contributed by atoms with Gasteiger partial charge in [-0.3, -0.25) is 4.90 Å². The Morgan fingerprint density at radius 2 is 2.00 bits per heavy atom. The number of alkyl halides is 2. The molecule has 1 heterocycles. The number of benzene rings is 1. The first-order valence-corrected chi connectivity index (χ1v) is 9.90. The van der Waals surface area contributed by atoms with Gasteiger partial charge in [0, 0.05) is 25.7 Å². The maximum absolute atomic E-state index is 12.5. The molecular formula is C20H32F2N4O2. The molecule has 0 aliphatic carbocycles. The largest absolute Gasteiger partial charge is 0.493 e. The summed E-state index contributed by atoms with van der Waals surface area (Å²) in [5.41, 5.74) is 1.02. The summed E-state index contributed by atoms with van der Waals surface area (Å²) in [6.45, 7) is 6.99. The van der Waals surface area contributed by atoms with Crippen LogP contribution in [0, 0.1) is 0 Å². The van der Waals surface area contributed by atoms with Crippen LogP contribution in [0.5, 0.6) is 11.5 Å². The normalized spacial score (nSPS) is 16.3. The van der Waals surface area contributed by atoms with Crippen molar-refractivity contribution in [1.82, 2.24) is 15.5 Å². The predicted molar refractivity (Wildman–Crippen MR) is 108 cm³/mol. The Balaban J connectivity index is 1.94. The minimum atomic E-state index is -2.27. The molecule has 1 fully saturated rings. The van der Waals surface area contributed by atoms with Crippen molar-refractivity contribution < 1.29 is 18.3 Å². The molecule has 0 bridgehead atoms. The van der Waals surface area contributed by atoms with Crippen molar-refractivity contribution in [1.29, 1.82) is 0 Å². The van der Waals surface area contributed by atoms with E-state index in [4.69, 9.17) is 9.47 Å². The van der Waals surface area contributed by atoms with Crippen molar-refractivity contribution in [2.24, 2.45) is 4.99 Å². The van der Waals surface area contributed by atoms with Gasteiger partial charge in [-0.15, -0.1) is 0 Å². The van der Waals surface area contributed by atoms with Crippen molar-refractivity contribution in [2.75, 3.05) is 39.9 Å². The summed E-state index contributed by atoms with van der Waals surface area (Å²) >= 11 is 0. The number of ether oxygens (including phenoxy) is 2. The number of halogens is 2. The third-order valence-electron chi connectivity index (χ3n) is 4.62. The van der Waals surface area contributed by atoms with Crippen molar-refractivity contribution >= 4 is 5.96 Å². The maximum Gasteiger partial charge on any atom is 0.251 e. The zero-order valence-corrected chi connectivity index (χ0v) is 17.0. The highest BCUT2D eigenvalue weighted by molar-refractivity contribution is 5.80. The summed E-state index contributed by atoms with van der Waals surface area (Å²) < 4.78 is 36.0. The highest BCUT2D eigenvalue weighted by Crippen LogP contribution is 2.28. The Morgan fingerprint density at radius 3 is 2.61 bits per heavy atom. The van der Waals surface area contributed by atoms with E-state index in [1.807, 2.05) is 36.9 Å². The Bertz CT molecular complexity index is 620. The fourth-order valence-electron chi connectivity index (χ4n) is 3.23. The second kappa shape index (κ2) is 11.7. The summed E-state index contributed by atoms with van der Waals surface area (Å²) in [7, 11) is 1.62. The van der Waals surface area contributed by atoms with E-state index >= 15 is 0 Å². The van der Waals surface area contributed by atoms with Gasteiger partial charge in [0.1, 0.15) is 0 Å². The fraction of sp³-hybridized carbons (Fsp3) is 0.650. The van der Waals surface area contributed by atoms with E-state index in [2.05, 4.69) is 15.6 Å². The number of hydrogen-bond donors (Lipinski definition) is 2. The summed E-state index contributed by atoms with van der Waals surface area (Å²) in [6, 6.07) is 6.03. The number of hydrogen-bond acceptors (Lipinski definition) is 4. The lowest BCUT2D eigenvalue weighted by molar-refractivity contribution is 0.0744. The molecule has 0 spiro atoms. The minimum Gasteiger partial charge on any atom is -0.493 e. The molecular weight excluding hydrogens is 366 g/mol. The van der Waals surface area contributed by atoms with E-state index in [9.17, 15) is 8.78 Å². The Morgan fingerprint density at radius 1 is 1.25 bits per heavy atom. The van der Waals surface area contributed by atoms with Crippen LogP contribution in [0.3, 0.4) is 0 Å². The van der Waals surface area contributed by atoms with Gasteiger partial charge in [0.15, 0.2) is 17.5 Å². The number of likely N-dealkylation sites (tertiary alicyclic amines) is 1. The van der Waals surface area contributed by atoms with Crippen molar-refractivity contribution in [3.05, 3.63) is 23.8 Å². The van der Waals surface area contributed by atoms with Gasteiger partial charge in [0.25, 0.3) is 6.43 Å². The predicted octanol–water partition coefficient (Wildman–Crippen LogP) is 2.88. The molecule has 6 nitrogen and oxygen atoms in total. The Hall–Kier alpha value is -2.09. The highest BCUT2D eigenvalue weighted by atomic mass is 19.3. The van der Waals surface area contributed by atoms with E-state index in [1.54, 1.807) is 7.11 Å². The summed E-state index contributed by atoms with van der Waals surface area (Å²) in [5, 5.41) is 6.69. The van der Waals surface area contributed by atoms with E-state index in [-0.39, 0.29) is 12.6 Å². The van der Waals surface area contributed by atoms with Gasteiger partial charge < -0.3 is 20.1 Å². The SMILES string of the molecule is CCNC(=NCc1ccc(OC)c(OCC)c1)NC1CCN(CC(F)F)CC1. The molecule has 158 valence electrons. The standard InChI is InChI=1S/C20H32F2N4O2/c1-4-23-20(25-16-8-10-26(11-9-16)14-19(21)22)24-13-15-6-7-17(27-3)18(12-15)28-5-2/h6-7,12,16,19H,4-5,8-11,13-14H2,1-3H3,(H2,23,24,25). The number of methoxy groups -OCH3 is 1. The quantitative estimate of drug-likeness (QED) is 0.495. The molecule has 1 aromatic carbocycles. The van der Waals surface area contributed by atoms with Gasteiger partial charge in [-0.1, -0.05) is 6.07 Å². The molecule has 1 aliphatic rings. The van der Waals surface area contributed by atoms with Crippen LogP contribution in [-0.2, 0) is 6.54 Å². The maximum atomic E-state index is 12.5. The van der Waals surface area contributed by atoms with E-state index in [1.165, 1.54) is 0 Å². The van der Waals surface area contributed by atoms with Gasteiger partial charge in [-0.05, 0) is 44.4 Å². The Kier molecular flexibility index (Phi) is 9.27. The van der Waals surface area contributed by atoms with E-state index in [0.717, 1.165) is 30.9 Å². The van der Waals surface area contributed by atoms with Crippen LogP contribution < -0.4 is 20.1 Å². The molecule has 0 radical (unpaired) electrons. The van der Waals surface area contributed by atoms with Gasteiger partial charge in [0.05, 0.1) is 26.8 Å². The average Bonchev–Trinajstić information content (AvgIpc) is 2.68. The van der Waals surface area contributed by atoms with Crippen LogP contribution in [0.4, 0.5) is 8.78 Å². The lowest BCUT2D eigenvalue weighted by atomic mass is 10.1. The number of piperidine rings is 1. The molecule has 2 N–H and O–H groups in total. The van der Waals surface area contributed by atoms with Gasteiger partial charge in [-0.2, -0.15) is 0 Å². The van der Waals surface area contributed by atoms with Crippen LogP contribution in [0.25, 0.3) is 0 Å². The number of rotatable bonds is 9. The first kappa shape index (κ1) is 22.2. The van der Waals surface area contributed by atoms with Crippen molar-refractivity contribution in [3.8, 4) is 11.5 Å². The third-order valence-corrected chi connectivity index (χ3v) is 4.62. The number of nitrogens with zero attached hydrogens (tertiary/aromatic N) is 2. The Labute approximate surface area is 166 Å². The average molecular weight is 398 g/mol. The topological polar surface area (TPSA) is 58.1 Å². The first-order chi connectivity index (χ1) is 13.5. The zero-order valence-electron chi connectivity index (χ0n) is 17.0. The zero-order chi connectivity index (χ0) is 20.4. The van der Waals surface area contributed by atoms with E-state index in [0.29, 0.717) is 37.7 Å². The molecule has 1 saturated heterocycles. The highest BCUT2D eigenvalue weighted by Gasteiger charge is 2.21. The molecule has 0 amide bonds. The number of aliphatic imine (C=N–C) groups is 1. The third kappa shape index (κ3) is 7.14. The summed E-state index contributed by atoms with van der Waals surface area (Å²) in [5.74, 6) is 2.15. The number of guanidine groups is 1. The molecule has 1 aliphatic heterocycles. The van der Waals surface area contributed by atoms with Crippen LogP contribution in [-0.4, -0.2) is 63.2 Å². The van der Waals surface area contributed by atoms with Crippen LogP contribution >= 0.6 is 0 Å². The van der Waals surface area contributed by atoms with Gasteiger partial charge in [-0.25, -0.2) is 13.8 Å². The molecule has 0 atom stereocenters. The van der Waals surface area contributed by atoms with E-state index < -0.39 is 6.43 Å². The van der Waals surface area contributed by atoms with Crippen LogP contribution in [0.2, 0.25) is 0 Å². The lowest BCUT2D eigenvalue weighted by Crippen LogP contribution is -2.49. The molecule has 0 aromatic heterocycles. The van der Waals surface area contributed by atoms with Crippen LogP contribution in [0.1, 0.15) is 32.3 Å². The molecule has 28 heavy (non-hydrogen) atoms. The second-order valence-corrected chi connectivity index (χ2v) is 6.72. The first-order valence-electron chi connectivity index (χ1n) is 9.90. The monoisotopic (exact) mass is 398 g/mol. The summed E-state index contributed by atoms with van der Waals surface area (Å²) in [6.07, 6.45) is -0.614. The van der Waals surface area contributed by atoms with Crippen molar-refractivity contribution in [3.63, 3.8) is 0 Å². The molecule has 0 saturated carbocycles. The smallest absolute Gasteiger partial charge is 0.251 e. The molecule has 8 heteroatoms. The molecule has 0 unspecified atom stereocenters. The second-order valence-electron chi connectivity index (χ2n) is 6.72. The number of nitrogens with one attached hydrogen (secondary N) is 2. The summed E-state index contributed by atoms with van der Waals surface area (Å²) in [4.78, 5) is 6.49. The molecule has 2 rings (SSSR count). The lowest BCUT2D eigenvalue weighted by Gasteiger charge is -2.32. The van der Waals surface area contributed by atoms with Gasteiger partial charge >= 0.3 is 0 Å². The van der Waals surface area contributed by atoms with Gasteiger partial charge in [0.2, 0.25) is 0 Å². The molecule has 1 aromatic rings. The minimum absolute atomic E-state index is 0.138.